The summed E-state index contributed by atoms with van der Waals surface area (Å²) in [4.78, 5) is 3.08. The zero-order valence-electron chi connectivity index (χ0n) is 6.55. The molecule has 0 spiro atoms. The first-order chi connectivity index (χ1) is 5.68. The van der Waals surface area contributed by atoms with Crippen molar-refractivity contribution >= 4 is 39.3 Å². The average molecular weight is 196 g/mol. The standard InChI is InChI=1S/C8H8N2S2/c1-4-2-5-3-12-7(9)6(5)8(11)10-4/h2-3H,9H2,1H3,(H,10,11). The minimum absolute atomic E-state index is 0.740. The van der Waals surface area contributed by atoms with Crippen molar-refractivity contribution in [1.82, 2.24) is 4.98 Å². The maximum absolute atomic E-state index is 5.76. The summed E-state index contributed by atoms with van der Waals surface area (Å²) in [6, 6.07) is 2.05. The normalized spacial score (nSPS) is 10.8. The van der Waals surface area contributed by atoms with E-state index in [0.29, 0.717) is 0 Å². The quantitative estimate of drug-likeness (QED) is 0.636. The van der Waals surface area contributed by atoms with Crippen LogP contribution in [0, 0.1) is 11.6 Å². The molecule has 4 heteroatoms. The molecule has 0 radical (unpaired) electrons. The maximum atomic E-state index is 5.76. The molecule has 62 valence electrons. The van der Waals surface area contributed by atoms with E-state index < -0.39 is 0 Å². The van der Waals surface area contributed by atoms with E-state index in [1.165, 1.54) is 11.3 Å². The number of hydrogen-bond donors (Lipinski definition) is 2. The van der Waals surface area contributed by atoms with Crippen LogP contribution >= 0.6 is 23.6 Å². The number of nitrogens with one attached hydrogen (secondary N) is 1. The van der Waals surface area contributed by atoms with E-state index in [1.54, 1.807) is 0 Å². The van der Waals surface area contributed by atoms with Crippen LogP contribution in [0.25, 0.3) is 10.8 Å². The lowest BCUT2D eigenvalue weighted by Crippen LogP contribution is -1.84. The molecule has 0 bridgehead atoms. The first-order valence-corrected chi connectivity index (χ1v) is 4.84. The highest BCUT2D eigenvalue weighted by Gasteiger charge is 2.02. The molecular formula is C8H8N2S2. The lowest BCUT2D eigenvalue weighted by atomic mass is 10.2. The van der Waals surface area contributed by atoms with Gasteiger partial charge in [0.05, 0.1) is 10.4 Å². The van der Waals surface area contributed by atoms with E-state index in [4.69, 9.17) is 18.0 Å². The number of fused-ring (bicyclic) bond motifs is 1. The van der Waals surface area contributed by atoms with Crippen LogP contribution in [-0.4, -0.2) is 4.98 Å². The van der Waals surface area contributed by atoms with Gasteiger partial charge in [0, 0.05) is 11.1 Å². The second-order valence-electron chi connectivity index (χ2n) is 2.71. The number of pyridine rings is 1. The summed E-state index contributed by atoms with van der Waals surface area (Å²) in [7, 11) is 0. The van der Waals surface area contributed by atoms with Gasteiger partial charge >= 0.3 is 0 Å². The number of nitrogens with two attached hydrogens (primary N) is 1. The Labute approximate surface area is 79.0 Å². The molecule has 2 nitrogen and oxygen atoms in total. The van der Waals surface area contributed by atoms with Crippen molar-refractivity contribution in [1.29, 1.82) is 0 Å². The second-order valence-corrected chi connectivity index (χ2v) is 4.03. The third-order valence-electron chi connectivity index (χ3n) is 1.76. The number of aromatic nitrogens is 1. The topological polar surface area (TPSA) is 41.8 Å². The average Bonchev–Trinajstić information content (AvgIpc) is 2.31. The Hall–Kier alpha value is -0.870. The minimum Gasteiger partial charge on any atom is -0.390 e. The van der Waals surface area contributed by atoms with Crippen LogP contribution in [0.3, 0.4) is 0 Å². The third-order valence-corrected chi connectivity index (χ3v) is 2.89. The van der Waals surface area contributed by atoms with Gasteiger partial charge in [-0.25, -0.2) is 0 Å². The molecule has 0 fully saturated rings. The van der Waals surface area contributed by atoms with Gasteiger partial charge in [-0.2, -0.15) is 0 Å². The molecule has 2 aromatic rings. The van der Waals surface area contributed by atoms with Gasteiger partial charge < -0.3 is 10.7 Å². The highest BCUT2D eigenvalue weighted by Crippen LogP contribution is 2.28. The SMILES string of the molecule is Cc1cc2csc(N)c2c(=S)[nH]1. The molecule has 0 amide bonds. The second kappa shape index (κ2) is 2.57. The van der Waals surface area contributed by atoms with E-state index in [0.717, 1.165) is 26.1 Å². The summed E-state index contributed by atoms with van der Waals surface area (Å²) in [5, 5.41) is 4.95. The Bertz CT molecular complexity index is 481. The molecule has 0 aliphatic rings. The number of anilines is 1. The van der Waals surface area contributed by atoms with Crippen LogP contribution in [0.5, 0.6) is 0 Å². The number of aromatic amines is 1. The molecule has 0 unspecified atom stereocenters. The van der Waals surface area contributed by atoms with Crippen molar-refractivity contribution in [2.45, 2.75) is 6.92 Å². The zero-order chi connectivity index (χ0) is 8.72. The lowest BCUT2D eigenvalue weighted by Gasteiger charge is -1.95. The number of H-pyrrole nitrogens is 1. The summed E-state index contributed by atoms with van der Waals surface area (Å²) in [6.45, 7) is 1.99. The highest BCUT2D eigenvalue weighted by atomic mass is 32.1. The molecule has 12 heavy (non-hydrogen) atoms. The highest BCUT2D eigenvalue weighted by molar-refractivity contribution is 7.71. The van der Waals surface area contributed by atoms with Crippen molar-refractivity contribution in [3.05, 3.63) is 21.8 Å². The van der Waals surface area contributed by atoms with Crippen molar-refractivity contribution < 1.29 is 0 Å². The summed E-state index contributed by atoms with van der Waals surface area (Å²) in [5.41, 5.74) is 6.83. The summed E-state index contributed by atoms with van der Waals surface area (Å²) < 4.78 is 0.740. The molecule has 0 saturated heterocycles. The molecule has 0 atom stereocenters. The Morgan fingerprint density at radius 1 is 1.58 bits per heavy atom. The predicted molar refractivity (Wildman–Crippen MR) is 56.2 cm³/mol. The largest absolute Gasteiger partial charge is 0.390 e. The van der Waals surface area contributed by atoms with Gasteiger partial charge in [-0.3, -0.25) is 0 Å². The van der Waals surface area contributed by atoms with Crippen molar-refractivity contribution in [3.8, 4) is 0 Å². The monoisotopic (exact) mass is 196 g/mol. The zero-order valence-corrected chi connectivity index (χ0v) is 8.18. The smallest absolute Gasteiger partial charge is 0.114 e. The molecule has 0 aromatic carbocycles. The molecular weight excluding hydrogens is 188 g/mol. The third kappa shape index (κ3) is 1.04. The molecule has 2 aromatic heterocycles. The van der Waals surface area contributed by atoms with E-state index in [2.05, 4.69) is 11.1 Å². The number of aryl methyl sites for hydroxylation is 1. The predicted octanol–water partition coefficient (Wildman–Crippen LogP) is 2.85. The van der Waals surface area contributed by atoms with Gasteiger partial charge in [-0.1, -0.05) is 12.2 Å². The lowest BCUT2D eigenvalue weighted by molar-refractivity contribution is 1.21. The van der Waals surface area contributed by atoms with Crippen molar-refractivity contribution in [2.24, 2.45) is 0 Å². The van der Waals surface area contributed by atoms with Gasteiger partial charge in [0.15, 0.2) is 0 Å². The van der Waals surface area contributed by atoms with Gasteiger partial charge in [-0.05, 0) is 18.4 Å². The van der Waals surface area contributed by atoms with Crippen LogP contribution in [0.4, 0.5) is 5.00 Å². The Morgan fingerprint density at radius 2 is 2.33 bits per heavy atom. The van der Waals surface area contributed by atoms with Crippen LogP contribution in [0.1, 0.15) is 5.69 Å². The Morgan fingerprint density at radius 3 is 3.08 bits per heavy atom. The van der Waals surface area contributed by atoms with Gasteiger partial charge in [0.25, 0.3) is 0 Å². The number of nitrogen functional groups attached to an aromatic ring is 1. The summed E-state index contributed by atoms with van der Waals surface area (Å²) >= 11 is 6.69. The minimum atomic E-state index is 0.740. The van der Waals surface area contributed by atoms with Crippen LogP contribution in [0.15, 0.2) is 11.4 Å². The Balaban J connectivity index is 3.03. The number of rotatable bonds is 0. The summed E-state index contributed by atoms with van der Waals surface area (Å²) in [6.07, 6.45) is 0. The molecule has 2 rings (SSSR count). The van der Waals surface area contributed by atoms with Crippen LogP contribution in [-0.2, 0) is 0 Å². The number of hydrogen-bond acceptors (Lipinski definition) is 3. The van der Waals surface area contributed by atoms with Crippen molar-refractivity contribution in [2.75, 3.05) is 5.73 Å². The fourth-order valence-corrected chi connectivity index (χ4v) is 2.48. The van der Waals surface area contributed by atoms with Gasteiger partial charge in [-0.15, -0.1) is 11.3 Å². The molecule has 0 aliphatic heterocycles. The Kier molecular flexibility index (Phi) is 1.66. The maximum Gasteiger partial charge on any atom is 0.114 e. The fourth-order valence-electron chi connectivity index (χ4n) is 1.25. The van der Waals surface area contributed by atoms with E-state index >= 15 is 0 Å². The molecule has 2 heterocycles. The van der Waals surface area contributed by atoms with E-state index in [9.17, 15) is 0 Å². The van der Waals surface area contributed by atoms with E-state index in [-0.39, 0.29) is 0 Å². The van der Waals surface area contributed by atoms with Crippen molar-refractivity contribution in [3.63, 3.8) is 0 Å². The van der Waals surface area contributed by atoms with Crippen LogP contribution < -0.4 is 5.73 Å². The van der Waals surface area contributed by atoms with Gasteiger partial charge in [0.2, 0.25) is 0 Å². The number of thiophene rings is 1. The fraction of sp³-hybridized carbons (Fsp3) is 0.125. The first kappa shape index (κ1) is 7.76. The molecule has 0 aliphatic carbocycles. The van der Waals surface area contributed by atoms with E-state index in [1.807, 2.05) is 12.3 Å². The molecule has 0 saturated carbocycles. The molecule has 3 N–H and O–H groups in total. The van der Waals surface area contributed by atoms with Crippen LogP contribution in [0.2, 0.25) is 0 Å². The van der Waals surface area contributed by atoms with Gasteiger partial charge in [0.1, 0.15) is 4.64 Å². The first-order valence-electron chi connectivity index (χ1n) is 3.55. The summed E-state index contributed by atoms with van der Waals surface area (Å²) in [5.74, 6) is 0.